The zero-order valence-electron chi connectivity index (χ0n) is 17.2. The third-order valence-electron chi connectivity index (χ3n) is 4.94. The molecule has 6 nitrogen and oxygen atoms in total. The summed E-state index contributed by atoms with van der Waals surface area (Å²) >= 11 is 1.48. The van der Waals surface area contributed by atoms with Crippen LogP contribution in [0.15, 0.2) is 76.9 Å². The molecule has 4 aromatic rings. The summed E-state index contributed by atoms with van der Waals surface area (Å²) in [6.45, 7) is 6.12. The minimum atomic E-state index is -0.256. The highest BCUT2D eigenvalue weighted by Gasteiger charge is 2.15. The maximum absolute atomic E-state index is 13.3. The Kier molecular flexibility index (Phi) is 5.72. The van der Waals surface area contributed by atoms with E-state index in [1.807, 2.05) is 62.6 Å². The summed E-state index contributed by atoms with van der Waals surface area (Å²) < 4.78 is 3.27. The van der Waals surface area contributed by atoms with Crippen LogP contribution in [0.1, 0.15) is 22.3 Å². The zero-order valence-corrected chi connectivity index (χ0v) is 18.0. The molecule has 0 saturated heterocycles. The van der Waals surface area contributed by atoms with Gasteiger partial charge in [-0.15, -0.1) is 10.2 Å². The Morgan fingerprint density at radius 2 is 1.73 bits per heavy atom. The highest BCUT2D eigenvalue weighted by atomic mass is 32.2. The van der Waals surface area contributed by atoms with Crippen molar-refractivity contribution in [1.82, 2.24) is 19.5 Å². The van der Waals surface area contributed by atoms with E-state index in [0.29, 0.717) is 10.9 Å². The SMILES string of the molecule is Cc1cccc(CSc2nnc(Nc3cccc(C)c3C)c(=O)n2-n2cccc2)c1. The van der Waals surface area contributed by atoms with Crippen molar-refractivity contribution in [2.75, 3.05) is 5.32 Å². The van der Waals surface area contributed by atoms with E-state index in [1.54, 1.807) is 9.35 Å². The van der Waals surface area contributed by atoms with Crippen LogP contribution in [0.5, 0.6) is 0 Å². The fraction of sp³-hybridized carbons (Fsp3) is 0.174. The van der Waals surface area contributed by atoms with E-state index in [2.05, 4.69) is 40.6 Å². The van der Waals surface area contributed by atoms with Gasteiger partial charge < -0.3 is 5.32 Å². The van der Waals surface area contributed by atoms with Gasteiger partial charge in [-0.25, -0.2) is 0 Å². The van der Waals surface area contributed by atoms with E-state index in [0.717, 1.165) is 16.8 Å². The van der Waals surface area contributed by atoms with Crippen LogP contribution in [0.3, 0.4) is 0 Å². The van der Waals surface area contributed by atoms with Crippen LogP contribution >= 0.6 is 11.8 Å². The Morgan fingerprint density at radius 1 is 0.967 bits per heavy atom. The Balaban J connectivity index is 1.70. The van der Waals surface area contributed by atoms with Gasteiger partial charge in [-0.3, -0.25) is 9.47 Å². The molecule has 2 aromatic carbocycles. The minimum absolute atomic E-state index is 0.192. The number of benzene rings is 2. The monoisotopic (exact) mass is 417 g/mol. The van der Waals surface area contributed by atoms with Gasteiger partial charge in [0.1, 0.15) is 0 Å². The van der Waals surface area contributed by atoms with E-state index in [-0.39, 0.29) is 11.4 Å². The zero-order chi connectivity index (χ0) is 21.1. The van der Waals surface area contributed by atoms with Crippen LogP contribution in [0.4, 0.5) is 11.5 Å². The smallest absolute Gasteiger partial charge is 0.316 e. The molecule has 30 heavy (non-hydrogen) atoms. The first-order valence-electron chi connectivity index (χ1n) is 9.68. The molecule has 1 N–H and O–H groups in total. The van der Waals surface area contributed by atoms with Gasteiger partial charge in [-0.2, -0.15) is 4.68 Å². The average molecular weight is 418 g/mol. The predicted octanol–water partition coefficient (Wildman–Crippen LogP) is 4.71. The minimum Gasteiger partial charge on any atom is -0.334 e. The molecule has 2 aromatic heterocycles. The van der Waals surface area contributed by atoms with E-state index in [4.69, 9.17) is 0 Å². The second kappa shape index (κ2) is 8.59. The van der Waals surface area contributed by atoms with Gasteiger partial charge in [0.2, 0.25) is 11.0 Å². The summed E-state index contributed by atoms with van der Waals surface area (Å²) in [5.41, 5.74) is 5.18. The van der Waals surface area contributed by atoms with Crippen LogP contribution < -0.4 is 10.9 Å². The molecule has 0 amide bonds. The van der Waals surface area contributed by atoms with Gasteiger partial charge in [0, 0.05) is 23.8 Å². The van der Waals surface area contributed by atoms with E-state index in [9.17, 15) is 4.79 Å². The predicted molar refractivity (Wildman–Crippen MR) is 121 cm³/mol. The number of thioether (sulfide) groups is 1. The third kappa shape index (κ3) is 4.16. The Hall–Kier alpha value is -3.32. The van der Waals surface area contributed by atoms with Crippen molar-refractivity contribution >= 4 is 23.3 Å². The molecule has 0 fully saturated rings. The summed E-state index contributed by atoms with van der Waals surface area (Å²) in [5.74, 6) is 0.887. The molecule has 0 unspecified atom stereocenters. The van der Waals surface area contributed by atoms with Crippen LogP contribution in [-0.2, 0) is 5.75 Å². The standard InChI is InChI=1S/C23H23N5OS/c1-16-8-6-10-19(14-16)15-30-23-26-25-21(22(29)28(23)27-12-4-5-13-27)24-20-11-7-9-17(2)18(20)3/h4-14H,15H2,1-3H3,(H,24,25). The molecule has 7 heteroatoms. The molecule has 0 spiro atoms. The van der Waals surface area contributed by atoms with Crippen LogP contribution in [0, 0.1) is 20.8 Å². The van der Waals surface area contributed by atoms with Crippen molar-refractivity contribution in [1.29, 1.82) is 0 Å². The summed E-state index contributed by atoms with van der Waals surface area (Å²) in [5, 5.41) is 12.3. The number of hydrogen-bond donors (Lipinski definition) is 1. The highest BCUT2D eigenvalue weighted by Crippen LogP contribution is 2.23. The number of aromatic nitrogens is 4. The molecule has 0 bridgehead atoms. The summed E-state index contributed by atoms with van der Waals surface area (Å²) in [7, 11) is 0. The summed E-state index contributed by atoms with van der Waals surface area (Å²) in [6.07, 6.45) is 3.64. The number of aryl methyl sites for hydroxylation is 2. The number of nitrogens with one attached hydrogen (secondary N) is 1. The van der Waals surface area contributed by atoms with Gasteiger partial charge in [-0.05, 0) is 55.7 Å². The molecular formula is C23H23N5OS. The summed E-state index contributed by atoms with van der Waals surface area (Å²) in [4.78, 5) is 13.3. The maximum Gasteiger partial charge on any atom is 0.316 e. The first-order valence-corrected chi connectivity index (χ1v) is 10.7. The molecule has 4 rings (SSSR count). The fourth-order valence-electron chi connectivity index (χ4n) is 3.16. The van der Waals surface area contributed by atoms with Gasteiger partial charge in [-0.1, -0.05) is 53.7 Å². The lowest BCUT2D eigenvalue weighted by atomic mass is 10.1. The second-order valence-corrected chi connectivity index (χ2v) is 8.10. The van der Waals surface area contributed by atoms with Gasteiger partial charge >= 0.3 is 5.56 Å². The first-order chi connectivity index (χ1) is 14.5. The molecule has 152 valence electrons. The lowest BCUT2D eigenvalue weighted by molar-refractivity contribution is 0.533. The van der Waals surface area contributed by atoms with Crippen molar-refractivity contribution in [3.05, 3.63) is 99.6 Å². The van der Waals surface area contributed by atoms with Crippen molar-refractivity contribution in [2.24, 2.45) is 0 Å². The Morgan fingerprint density at radius 3 is 2.50 bits per heavy atom. The molecule has 2 heterocycles. The largest absolute Gasteiger partial charge is 0.334 e. The quantitative estimate of drug-likeness (QED) is 0.460. The van der Waals surface area contributed by atoms with E-state index < -0.39 is 0 Å². The van der Waals surface area contributed by atoms with Crippen molar-refractivity contribution < 1.29 is 0 Å². The van der Waals surface area contributed by atoms with Gasteiger partial charge in [0.05, 0.1) is 0 Å². The molecule has 0 aliphatic heterocycles. The summed E-state index contributed by atoms with van der Waals surface area (Å²) in [6, 6.07) is 18.0. The van der Waals surface area contributed by atoms with E-state index in [1.165, 1.54) is 22.9 Å². The molecule has 0 aliphatic rings. The van der Waals surface area contributed by atoms with Crippen molar-refractivity contribution in [2.45, 2.75) is 31.7 Å². The molecule has 0 atom stereocenters. The van der Waals surface area contributed by atoms with Gasteiger partial charge in [0.25, 0.3) is 0 Å². The highest BCUT2D eigenvalue weighted by molar-refractivity contribution is 7.98. The van der Waals surface area contributed by atoms with Crippen LogP contribution in [0.2, 0.25) is 0 Å². The molecule has 0 radical (unpaired) electrons. The van der Waals surface area contributed by atoms with E-state index >= 15 is 0 Å². The molecule has 0 saturated carbocycles. The Bertz CT molecular complexity index is 1230. The maximum atomic E-state index is 13.3. The van der Waals surface area contributed by atoms with Crippen molar-refractivity contribution in [3.63, 3.8) is 0 Å². The molecular weight excluding hydrogens is 394 g/mol. The number of hydrogen-bond acceptors (Lipinski definition) is 5. The topological polar surface area (TPSA) is 64.7 Å². The lowest BCUT2D eigenvalue weighted by Gasteiger charge is -2.15. The Labute approximate surface area is 179 Å². The lowest BCUT2D eigenvalue weighted by Crippen LogP contribution is -2.30. The number of nitrogens with zero attached hydrogens (tertiary/aromatic N) is 4. The third-order valence-corrected chi connectivity index (χ3v) is 5.93. The fourth-order valence-corrected chi connectivity index (χ4v) is 4.03. The van der Waals surface area contributed by atoms with Crippen LogP contribution in [0.25, 0.3) is 0 Å². The van der Waals surface area contributed by atoms with Crippen molar-refractivity contribution in [3.8, 4) is 0 Å². The average Bonchev–Trinajstić information content (AvgIpc) is 3.26. The van der Waals surface area contributed by atoms with Gasteiger partial charge in [0.15, 0.2) is 0 Å². The number of rotatable bonds is 6. The van der Waals surface area contributed by atoms with Crippen LogP contribution in [-0.4, -0.2) is 19.5 Å². The first kappa shape index (κ1) is 20.0. The second-order valence-electron chi connectivity index (χ2n) is 7.16. The number of anilines is 2. The normalized spacial score (nSPS) is 10.9. The molecule has 0 aliphatic carbocycles.